The summed E-state index contributed by atoms with van der Waals surface area (Å²) in [5, 5.41) is 15.8. The van der Waals surface area contributed by atoms with E-state index in [0.717, 1.165) is 35.9 Å². The zero-order valence-electron chi connectivity index (χ0n) is 11.4. The first-order chi connectivity index (χ1) is 8.59. The highest BCUT2D eigenvalue weighted by Gasteiger charge is 2.16. The number of fused-ring (bicyclic) bond motifs is 1. The van der Waals surface area contributed by atoms with Gasteiger partial charge in [0, 0.05) is 12.4 Å². The summed E-state index contributed by atoms with van der Waals surface area (Å²) in [6.45, 7) is 4.42. The average molecular weight is 246 g/mol. The number of rotatable bonds is 5. The van der Waals surface area contributed by atoms with Crippen molar-refractivity contribution in [3.63, 3.8) is 0 Å². The van der Waals surface area contributed by atoms with E-state index in [4.69, 9.17) is 0 Å². The van der Waals surface area contributed by atoms with E-state index < -0.39 is 6.10 Å². The number of hydrogen-bond acceptors (Lipinski definition) is 2. The maximum Gasteiger partial charge on any atom is 0.0988 e. The Balaban J connectivity index is 2.15. The molecule has 0 fully saturated rings. The summed E-state index contributed by atoms with van der Waals surface area (Å²) in [4.78, 5) is 0. The van der Waals surface area contributed by atoms with Crippen molar-refractivity contribution in [3.05, 3.63) is 30.0 Å². The van der Waals surface area contributed by atoms with Gasteiger partial charge in [-0.25, -0.2) is 0 Å². The molecule has 0 bridgehead atoms. The Morgan fingerprint density at radius 3 is 2.67 bits per heavy atom. The van der Waals surface area contributed by atoms with Crippen LogP contribution in [0, 0.1) is 5.92 Å². The SMILES string of the molecule is CC(C)CCCC(O)c1nn(C)c2ccccc12. The quantitative estimate of drug-likeness (QED) is 0.877. The smallest absolute Gasteiger partial charge is 0.0988 e. The third-order valence-corrected chi connectivity index (χ3v) is 3.36. The molecule has 0 spiro atoms. The van der Waals surface area contributed by atoms with Crippen LogP contribution >= 0.6 is 0 Å². The summed E-state index contributed by atoms with van der Waals surface area (Å²) in [5.74, 6) is 0.692. The molecule has 3 nitrogen and oxygen atoms in total. The predicted molar refractivity (Wildman–Crippen MR) is 74.4 cm³/mol. The maximum atomic E-state index is 10.3. The zero-order chi connectivity index (χ0) is 13.1. The highest BCUT2D eigenvalue weighted by Crippen LogP contribution is 2.26. The molecule has 1 atom stereocenters. The molecule has 0 saturated heterocycles. The van der Waals surface area contributed by atoms with E-state index in [-0.39, 0.29) is 0 Å². The molecule has 0 radical (unpaired) electrons. The molecule has 1 N–H and O–H groups in total. The van der Waals surface area contributed by atoms with Crippen molar-refractivity contribution in [3.8, 4) is 0 Å². The fourth-order valence-electron chi connectivity index (χ4n) is 2.34. The zero-order valence-corrected chi connectivity index (χ0v) is 11.4. The summed E-state index contributed by atoms with van der Waals surface area (Å²) in [5.41, 5.74) is 1.90. The normalized spacial score (nSPS) is 13.4. The largest absolute Gasteiger partial charge is 0.387 e. The Bertz CT molecular complexity index is 516. The minimum Gasteiger partial charge on any atom is -0.387 e. The van der Waals surface area contributed by atoms with E-state index in [9.17, 15) is 5.11 Å². The Labute approximate surface area is 108 Å². The molecule has 0 amide bonds. The predicted octanol–water partition coefficient (Wildman–Crippen LogP) is 3.43. The van der Waals surface area contributed by atoms with Gasteiger partial charge in [0.05, 0.1) is 17.3 Å². The lowest BCUT2D eigenvalue weighted by atomic mass is 10.0. The molecule has 0 aliphatic carbocycles. The number of para-hydroxylation sites is 1. The van der Waals surface area contributed by atoms with Crippen LogP contribution in [0.3, 0.4) is 0 Å². The van der Waals surface area contributed by atoms with Gasteiger partial charge in [-0.15, -0.1) is 0 Å². The van der Waals surface area contributed by atoms with Crippen LogP contribution in [0.1, 0.15) is 44.9 Å². The Kier molecular flexibility index (Phi) is 4.02. The summed E-state index contributed by atoms with van der Waals surface area (Å²) in [7, 11) is 1.92. The fourth-order valence-corrected chi connectivity index (χ4v) is 2.34. The molecule has 18 heavy (non-hydrogen) atoms. The molecule has 2 aromatic rings. The van der Waals surface area contributed by atoms with Crippen molar-refractivity contribution < 1.29 is 5.11 Å². The number of aliphatic hydroxyl groups is 1. The minimum atomic E-state index is -0.449. The van der Waals surface area contributed by atoms with Crippen LogP contribution in [0.5, 0.6) is 0 Å². The molecule has 3 heteroatoms. The third kappa shape index (κ3) is 2.72. The van der Waals surface area contributed by atoms with Gasteiger partial charge in [0.1, 0.15) is 0 Å². The standard InChI is InChI=1S/C15H22N2O/c1-11(2)7-6-10-14(18)15-12-8-4-5-9-13(12)17(3)16-15/h4-5,8-9,11,14,18H,6-7,10H2,1-3H3. The van der Waals surface area contributed by atoms with Crippen molar-refractivity contribution in [1.82, 2.24) is 9.78 Å². The van der Waals surface area contributed by atoms with Crippen LogP contribution in [0.2, 0.25) is 0 Å². The van der Waals surface area contributed by atoms with Crippen molar-refractivity contribution in [2.24, 2.45) is 13.0 Å². The van der Waals surface area contributed by atoms with E-state index in [0.29, 0.717) is 5.92 Å². The molecule has 0 aliphatic rings. The average Bonchev–Trinajstić information content (AvgIpc) is 2.67. The van der Waals surface area contributed by atoms with E-state index in [2.05, 4.69) is 18.9 Å². The molecule has 1 unspecified atom stereocenters. The summed E-state index contributed by atoms with van der Waals surface area (Å²) >= 11 is 0. The molecule has 1 aromatic heterocycles. The highest BCUT2D eigenvalue weighted by molar-refractivity contribution is 5.82. The number of aryl methyl sites for hydroxylation is 1. The van der Waals surface area contributed by atoms with Gasteiger partial charge < -0.3 is 5.11 Å². The van der Waals surface area contributed by atoms with E-state index in [1.165, 1.54) is 0 Å². The summed E-state index contributed by atoms with van der Waals surface area (Å²) < 4.78 is 1.84. The number of nitrogens with zero attached hydrogens (tertiary/aromatic N) is 2. The minimum absolute atomic E-state index is 0.449. The number of hydrogen-bond donors (Lipinski definition) is 1. The van der Waals surface area contributed by atoms with Gasteiger partial charge in [-0.2, -0.15) is 5.10 Å². The Morgan fingerprint density at radius 1 is 1.22 bits per heavy atom. The van der Waals surface area contributed by atoms with Crippen molar-refractivity contribution in [2.75, 3.05) is 0 Å². The Hall–Kier alpha value is -1.35. The molecule has 2 rings (SSSR count). The molecule has 98 valence electrons. The lowest BCUT2D eigenvalue weighted by molar-refractivity contribution is 0.158. The lowest BCUT2D eigenvalue weighted by Gasteiger charge is -2.09. The van der Waals surface area contributed by atoms with E-state index >= 15 is 0 Å². The van der Waals surface area contributed by atoms with Gasteiger partial charge in [0.2, 0.25) is 0 Å². The first-order valence-corrected chi connectivity index (χ1v) is 6.69. The molecule has 1 heterocycles. The molecular formula is C15H22N2O. The van der Waals surface area contributed by atoms with Gasteiger partial charge in [-0.3, -0.25) is 4.68 Å². The van der Waals surface area contributed by atoms with Gasteiger partial charge in [0.15, 0.2) is 0 Å². The van der Waals surface area contributed by atoms with Crippen molar-refractivity contribution in [1.29, 1.82) is 0 Å². The highest BCUT2D eigenvalue weighted by atomic mass is 16.3. The topological polar surface area (TPSA) is 38.1 Å². The maximum absolute atomic E-state index is 10.3. The first-order valence-electron chi connectivity index (χ1n) is 6.69. The van der Waals surface area contributed by atoms with Crippen LogP contribution in [0.25, 0.3) is 10.9 Å². The van der Waals surface area contributed by atoms with Crippen molar-refractivity contribution >= 4 is 10.9 Å². The molecular weight excluding hydrogens is 224 g/mol. The van der Waals surface area contributed by atoms with Crippen molar-refractivity contribution in [2.45, 2.75) is 39.2 Å². The second-order valence-corrected chi connectivity index (χ2v) is 5.37. The second kappa shape index (κ2) is 5.53. The van der Waals surface area contributed by atoms with E-state index in [1.807, 2.05) is 36.0 Å². The number of aliphatic hydroxyl groups excluding tert-OH is 1. The third-order valence-electron chi connectivity index (χ3n) is 3.36. The molecule has 1 aromatic carbocycles. The lowest BCUT2D eigenvalue weighted by Crippen LogP contribution is -2.01. The molecule has 0 saturated carbocycles. The van der Waals surface area contributed by atoms with Crippen LogP contribution < -0.4 is 0 Å². The summed E-state index contributed by atoms with van der Waals surface area (Å²) in [6.07, 6.45) is 2.54. The second-order valence-electron chi connectivity index (χ2n) is 5.37. The molecule has 0 aliphatic heterocycles. The van der Waals surface area contributed by atoms with Gasteiger partial charge in [0.25, 0.3) is 0 Å². The van der Waals surface area contributed by atoms with E-state index in [1.54, 1.807) is 0 Å². The fraction of sp³-hybridized carbons (Fsp3) is 0.533. The van der Waals surface area contributed by atoms with Crippen LogP contribution in [-0.2, 0) is 7.05 Å². The number of aromatic nitrogens is 2. The Morgan fingerprint density at radius 2 is 1.94 bits per heavy atom. The number of benzene rings is 1. The summed E-state index contributed by atoms with van der Waals surface area (Å²) in [6, 6.07) is 8.06. The van der Waals surface area contributed by atoms with Gasteiger partial charge in [-0.05, 0) is 18.4 Å². The van der Waals surface area contributed by atoms with Crippen LogP contribution in [0.15, 0.2) is 24.3 Å². The van der Waals surface area contributed by atoms with Crippen LogP contribution in [0.4, 0.5) is 0 Å². The van der Waals surface area contributed by atoms with Gasteiger partial charge in [-0.1, -0.05) is 44.9 Å². The first kappa shape index (κ1) is 13.1. The van der Waals surface area contributed by atoms with Crippen LogP contribution in [-0.4, -0.2) is 14.9 Å². The van der Waals surface area contributed by atoms with Gasteiger partial charge >= 0.3 is 0 Å². The monoisotopic (exact) mass is 246 g/mol.